The van der Waals surface area contributed by atoms with Crippen LogP contribution in [0.25, 0.3) is 11.1 Å². The summed E-state index contributed by atoms with van der Waals surface area (Å²) in [7, 11) is 0. The van der Waals surface area contributed by atoms with Crippen molar-refractivity contribution in [3.8, 4) is 0 Å². The molecule has 6 aliphatic carbocycles. The molecule has 0 saturated heterocycles. The Labute approximate surface area is 164 Å². The standard InChI is InChI=1S/C28H18/c1-2-10-18-17(9-1)25-19-11-3-4-12-20(19)26(18)28-23-15-7-5-13-21(23)27(25)22-14-6-8-16-24(22)28/h1-16,25,27H. The molecule has 0 heteroatoms. The van der Waals surface area contributed by atoms with Crippen molar-refractivity contribution >= 4 is 11.1 Å². The van der Waals surface area contributed by atoms with Crippen LogP contribution in [-0.2, 0) is 0 Å². The minimum absolute atomic E-state index is 0.347. The Bertz CT molecular complexity index is 1120. The van der Waals surface area contributed by atoms with E-state index in [0.29, 0.717) is 11.8 Å². The summed E-state index contributed by atoms with van der Waals surface area (Å²) in [6.45, 7) is 0. The van der Waals surface area contributed by atoms with Crippen LogP contribution in [-0.4, -0.2) is 0 Å². The van der Waals surface area contributed by atoms with Gasteiger partial charge in [-0.3, -0.25) is 0 Å². The van der Waals surface area contributed by atoms with Crippen molar-refractivity contribution in [1.82, 2.24) is 0 Å². The monoisotopic (exact) mass is 354 g/mol. The molecule has 0 N–H and O–H groups in total. The minimum Gasteiger partial charge on any atom is -0.0619 e. The molecule has 4 aromatic carbocycles. The van der Waals surface area contributed by atoms with E-state index in [-0.39, 0.29) is 0 Å². The van der Waals surface area contributed by atoms with E-state index in [2.05, 4.69) is 97.1 Å². The number of hydrogen-bond acceptors (Lipinski definition) is 0. The molecule has 0 radical (unpaired) electrons. The molecule has 0 amide bonds. The molecule has 0 nitrogen and oxygen atoms in total. The third-order valence-electron chi connectivity index (χ3n) is 6.84. The Morgan fingerprint density at radius 2 is 0.571 bits per heavy atom. The van der Waals surface area contributed by atoms with E-state index >= 15 is 0 Å². The van der Waals surface area contributed by atoms with Gasteiger partial charge in [0.25, 0.3) is 0 Å². The second kappa shape index (κ2) is 5.11. The lowest BCUT2D eigenvalue weighted by atomic mass is 9.58. The first-order chi connectivity index (χ1) is 13.9. The van der Waals surface area contributed by atoms with Gasteiger partial charge in [-0.05, 0) is 55.7 Å². The molecular formula is C28H18. The SMILES string of the molecule is c1ccc2c(c1)C1=C3c4ccccc4C(c4ccccc43)C2c2ccccc21. The second-order valence-electron chi connectivity index (χ2n) is 8.05. The van der Waals surface area contributed by atoms with Crippen molar-refractivity contribution < 1.29 is 0 Å². The van der Waals surface area contributed by atoms with Crippen LogP contribution in [0, 0.1) is 0 Å². The molecule has 0 fully saturated rings. The van der Waals surface area contributed by atoms with E-state index in [1.807, 2.05) is 0 Å². The maximum absolute atomic E-state index is 2.35. The highest BCUT2D eigenvalue weighted by molar-refractivity contribution is 6.10. The average Bonchev–Trinajstić information content (AvgIpc) is 2.74. The highest BCUT2D eigenvalue weighted by Crippen LogP contribution is 2.60. The number of hydrogen-bond donors (Lipinski definition) is 0. The van der Waals surface area contributed by atoms with Gasteiger partial charge in [0.2, 0.25) is 0 Å². The summed E-state index contributed by atoms with van der Waals surface area (Å²) in [6.07, 6.45) is 0. The molecule has 0 unspecified atom stereocenters. The molecule has 4 aromatic rings. The van der Waals surface area contributed by atoms with Crippen molar-refractivity contribution in [2.24, 2.45) is 0 Å². The predicted molar refractivity (Wildman–Crippen MR) is 114 cm³/mol. The molecule has 0 aromatic heterocycles. The maximum atomic E-state index is 2.35. The third-order valence-corrected chi connectivity index (χ3v) is 6.84. The second-order valence-corrected chi connectivity index (χ2v) is 8.05. The fraction of sp³-hybridized carbons (Fsp3) is 0.0714. The molecule has 0 aliphatic heterocycles. The van der Waals surface area contributed by atoms with Crippen LogP contribution >= 0.6 is 0 Å². The van der Waals surface area contributed by atoms with Crippen LogP contribution in [0.1, 0.15) is 56.3 Å². The summed E-state index contributed by atoms with van der Waals surface area (Å²) in [4.78, 5) is 0. The van der Waals surface area contributed by atoms with Crippen LogP contribution < -0.4 is 0 Å². The number of rotatable bonds is 0. The van der Waals surface area contributed by atoms with Crippen LogP contribution in [0.2, 0.25) is 0 Å². The highest BCUT2D eigenvalue weighted by atomic mass is 14.5. The van der Waals surface area contributed by atoms with Gasteiger partial charge in [-0.15, -0.1) is 0 Å². The Morgan fingerprint density at radius 1 is 0.321 bits per heavy atom. The molecule has 28 heavy (non-hydrogen) atoms. The van der Waals surface area contributed by atoms with Gasteiger partial charge < -0.3 is 0 Å². The van der Waals surface area contributed by atoms with Gasteiger partial charge in [0, 0.05) is 11.8 Å². The zero-order chi connectivity index (χ0) is 18.2. The quantitative estimate of drug-likeness (QED) is 0.334. The van der Waals surface area contributed by atoms with Crippen molar-refractivity contribution in [3.63, 3.8) is 0 Å². The summed E-state index contributed by atoms with van der Waals surface area (Å²) >= 11 is 0. The summed E-state index contributed by atoms with van der Waals surface area (Å²) in [5.74, 6) is 0.695. The van der Waals surface area contributed by atoms with Gasteiger partial charge in [0.1, 0.15) is 0 Å². The van der Waals surface area contributed by atoms with Crippen molar-refractivity contribution in [1.29, 1.82) is 0 Å². The highest BCUT2D eigenvalue weighted by Gasteiger charge is 2.44. The molecule has 10 rings (SSSR count). The molecule has 0 heterocycles. The summed E-state index contributed by atoms with van der Waals surface area (Å²) in [5.41, 5.74) is 14.4. The third kappa shape index (κ3) is 1.63. The van der Waals surface area contributed by atoms with Gasteiger partial charge >= 0.3 is 0 Å². The van der Waals surface area contributed by atoms with E-state index in [0.717, 1.165) is 0 Å². The lowest BCUT2D eigenvalue weighted by Gasteiger charge is -2.44. The van der Waals surface area contributed by atoms with Crippen LogP contribution in [0.15, 0.2) is 97.1 Å². The van der Waals surface area contributed by atoms with Crippen LogP contribution in [0.3, 0.4) is 0 Å². The van der Waals surface area contributed by atoms with Gasteiger partial charge in [-0.1, -0.05) is 97.1 Å². The predicted octanol–water partition coefficient (Wildman–Crippen LogP) is 6.60. The molecule has 130 valence electrons. The molecule has 0 saturated carbocycles. The molecule has 4 bridgehead atoms. The average molecular weight is 354 g/mol. The molecule has 6 aliphatic rings. The first-order valence-corrected chi connectivity index (χ1v) is 10.0. The Balaban J connectivity index is 1.79. The Morgan fingerprint density at radius 3 is 0.857 bits per heavy atom. The zero-order valence-electron chi connectivity index (χ0n) is 15.4. The van der Waals surface area contributed by atoms with Gasteiger partial charge in [0.05, 0.1) is 0 Å². The lowest BCUT2D eigenvalue weighted by Crippen LogP contribution is -2.28. The molecule has 0 spiro atoms. The normalized spacial score (nSPS) is 20.0. The van der Waals surface area contributed by atoms with E-state index < -0.39 is 0 Å². The zero-order valence-corrected chi connectivity index (χ0v) is 15.4. The van der Waals surface area contributed by atoms with E-state index in [9.17, 15) is 0 Å². The maximum Gasteiger partial charge on any atom is 0.0211 e. The largest absolute Gasteiger partial charge is 0.0619 e. The summed E-state index contributed by atoms with van der Waals surface area (Å²) in [6, 6.07) is 36.3. The van der Waals surface area contributed by atoms with Crippen LogP contribution in [0.4, 0.5) is 0 Å². The van der Waals surface area contributed by atoms with E-state index in [4.69, 9.17) is 0 Å². The van der Waals surface area contributed by atoms with Crippen LogP contribution in [0.5, 0.6) is 0 Å². The van der Waals surface area contributed by atoms with Crippen molar-refractivity contribution in [2.45, 2.75) is 11.8 Å². The van der Waals surface area contributed by atoms with Crippen molar-refractivity contribution in [2.75, 3.05) is 0 Å². The number of benzene rings is 4. The fourth-order valence-electron chi connectivity index (χ4n) is 5.87. The topological polar surface area (TPSA) is 0 Å². The van der Waals surface area contributed by atoms with Gasteiger partial charge in [0.15, 0.2) is 0 Å². The first-order valence-electron chi connectivity index (χ1n) is 10.0. The van der Waals surface area contributed by atoms with Gasteiger partial charge in [-0.2, -0.15) is 0 Å². The summed E-state index contributed by atoms with van der Waals surface area (Å²) in [5, 5.41) is 0. The molecule has 0 atom stereocenters. The Hall–Kier alpha value is -3.38. The van der Waals surface area contributed by atoms with E-state index in [1.54, 1.807) is 0 Å². The fourth-order valence-corrected chi connectivity index (χ4v) is 5.87. The van der Waals surface area contributed by atoms with E-state index in [1.165, 1.54) is 55.7 Å². The minimum atomic E-state index is 0.347. The Kier molecular flexibility index (Phi) is 2.67. The summed E-state index contributed by atoms with van der Waals surface area (Å²) < 4.78 is 0. The first kappa shape index (κ1) is 14.6. The molecular weight excluding hydrogens is 336 g/mol. The van der Waals surface area contributed by atoms with Crippen molar-refractivity contribution in [3.05, 3.63) is 142 Å². The smallest absolute Gasteiger partial charge is 0.0211 e. The lowest BCUT2D eigenvalue weighted by molar-refractivity contribution is 0.673. The van der Waals surface area contributed by atoms with Gasteiger partial charge in [-0.25, -0.2) is 0 Å².